The van der Waals surface area contributed by atoms with Crippen molar-refractivity contribution in [3.05, 3.63) is 28.2 Å². The zero-order chi connectivity index (χ0) is 12.6. The Balaban J connectivity index is 3.10. The summed E-state index contributed by atoms with van der Waals surface area (Å²) in [6.07, 6.45) is 0. The second-order valence-corrected chi connectivity index (χ2v) is 2.71. The quantitative estimate of drug-likeness (QED) is 0.828. The van der Waals surface area contributed by atoms with E-state index in [0.717, 1.165) is 6.07 Å². The van der Waals surface area contributed by atoms with Crippen molar-refractivity contribution in [2.75, 3.05) is 7.04 Å². The molecule has 0 saturated carbocycles. The van der Waals surface area contributed by atoms with Crippen LogP contribution in [0.1, 0.15) is 12.4 Å². The molecule has 0 amide bonds. The fourth-order valence-electron chi connectivity index (χ4n) is 0.651. The van der Waals surface area contributed by atoms with Crippen LogP contribution in [0.3, 0.4) is 0 Å². The highest BCUT2D eigenvalue weighted by Crippen LogP contribution is 2.25. The first-order chi connectivity index (χ1) is 7.09. The van der Waals surface area contributed by atoms with Crippen molar-refractivity contribution in [2.24, 2.45) is 0 Å². The van der Waals surface area contributed by atoms with Crippen molar-refractivity contribution in [2.45, 2.75) is 6.56 Å². The van der Waals surface area contributed by atoms with Gasteiger partial charge >= 0.3 is 0 Å². The summed E-state index contributed by atoms with van der Waals surface area (Å²) < 4.78 is 40.0. The van der Waals surface area contributed by atoms with E-state index in [1.54, 1.807) is 0 Å². The van der Waals surface area contributed by atoms with Gasteiger partial charge in [-0.25, -0.2) is 0 Å². The Labute approximate surface area is 81.0 Å². The van der Waals surface area contributed by atoms with Gasteiger partial charge in [0.05, 0.1) is 24.9 Å². The molecule has 0 spiro atoms. The number of aliphatic hydroxyl groups is 1. The van der Waals surface area contributed by atoms with Crippen LogP contribution in [0.15, 0.2) is 22.7 Å². The Kier molecular flexibility index (Phi) is 1.33. The van der Waals surface area contributed by atoms with Gasteiger partial charge in [-0.1, -0.05) is 6.07 Å². The fraction of sp³-hybridized carbons (Fsp3) is 0.250. The summed E-state index contributed by atoms with van der Waals surface area (Å²) in [7, 11) is -2.62. The molecular formula is C8H9BrO2. The lowest BCUT2D eigenvalue weighted by atomic mass is 10.2. The van der Waals surface area contributed by atoms with E-state index in [4.69, 9.17) is 12.0 Å². The minimum Gasteiger partial charge on any atom is -0.496 e. The maximum Gasteiger partial charge on any atom is 0.133 e. The molecule has 0 aromatic heterocycles. The lowest BCUT2D eigenvalue weighted by Gasteiger charge is -2.03. The van der Waals surface area contributed by atoms with E-state index in [-0.39, 0.29) is 11.3 Å². The molecule has 11 heavy (non-hydrogen) atoms. The Morgan fingerprint density at radius 2 is 2.64 bits per heavy atom. The minimum atomic E-state index is -2.62. The van der Waals surface area contributed by atoms with Gasteiger partial charge in [-0.3, -0.25) is 0 Å². The van der Waals surface area contributed by atoms with Crippen LogP contribution in [-0.4, -0.2) is 12.1 Å². The van der Waals surface area contributed by atoms with E-state index in [2.05, 4.69) is 20.7 Å². The molecule has 1 aromatic rings. The van der Waals surface area contributed by atoms with Gasteiger partial charge in [0, 0.05) is 0 Å². The van der Waals surface area contributed by atoms with Crippen LogP contribution in [0.5, 0.6) is 5.75 Å². The van der Waals surface area contributed by atoms with E-state index in [9.17, 15) is 0 Å². The van der Waals surface area contributed by atoms with E-state index in [0.29, 0.717) is 4.47 Å². The predicted molar refractivity (Wildman–Crippen MR) is 46.6 cm³/mol. The van der Waals surface area contributed by atoms with Crippen LogP contribution >= 0.6 is 15.9 Å². The van der Waals surface area contributed by atoms with Crippen molar-refractivity contribution in [3.8, 4) is 5.75 Å². The third kappa shape index (κ3) is 1.94. The topological polar surface area (TPSA) is 29.5 Å². The van der Waals surface area contributed by atoms with E-state index >= 15 is 0 Å². The number of ether oxygens (including phenoxy) is 1. The maximum atomic E-state index is 9.12. The highest BCUT2D eigenvalue weighted by molar-refractivity contribution is 9.10. The molecule has 0 radical (unpaired) electrons. The smallest absolute Gasteiger partial charge is 0.133 e. The largest absolute Gasteiger partial charge is 0.496 e. The molecule has 0 aliphatic rings. The fourth-order valence-corrected chi connectivity index (χ4v) is 0.979. The Morgan fingerprint density at radius 3 is 3.27 bits per heavy atom. The number of hydrogen-bond donors (Lipinski definition) is 1. The number of methoxy groups -OCH3 is 1. The van der Waals surface area contributed by atoms with Crippen molar-refractivity contribution >= 4 is 15.9 Å². The van der Waals surface area contributed by atoms with Gasteiger partial charge in [-0.15, -0.1) is 0 Å². The Hall–Kier alpha value is -0.540. The molecule has 0 fully saturated rings. The average Bonchev–Trinajstić information content (AvgIpc) is 2.04. The molecular weight excluding hydrogens is 208 g/mol. The van der Waals surface area contributed by atoms with Crippen LogP contribution in [0.4, 0.5) is 0 Å². The second-order valence-electron chi connectivity index (χ2n) is 1.86. The summed E-state index contributed by atoms with van der Waals surface area (Å²) in [5.74, 6) is -0.0459. The number of halogens is 1. The van der Waals surface area contributed by atoms with E-state index in [1.807, 2.05) is 0 Å². The summed E-state index contributed by atoms with van der Waals surface area (Å²) >= 11 is 3.07. The predicted octanol–water partition coefficient (Wildman–Crippen LogP) is 1.95. The first-order valence-corrected chi connectivity index (χ1v) is 3.60. The average molecular weight is 222 g/mol. The Bertz CT molecular complexity index is 385. The number of rotatable bonds is 2. The molecule has 1 N–H and O–H groups in total. The molecule has 0 aliphatic carbocycles. The molecule has 1 aromatic carbocycles. The standard InChI is InChI=1S/C8H9BrO2/c1-11-8-4-6(5-10)2-3-7(8)9/h2-4,10H,5H2,1H3/i1D3,5D2. The summed E-state index contributed by atoms with van der Waals surface area (Å²) in [6.45, 7) is -2.53. The SMILES string of the molecule is [2H]C([2H])([2H])Oc1cc(C([2H])([2H])O)ccc1Br. The van der Waals surface area contributed by atoms with Crippen LogP contribution in [0, 0.1) is 0 Å². The zero-order valence-electron chi connectivity index (χ0n) is 10.5. The minimum absolute atomic E-state index is 0.0459. The lowest BCUT2D eigenvalue weighted by molar-refractivity contribution is 0.281. The summed E-state index contributed by atoms with van der Waals surface area (Å²) in [4.78, 5) is 0. The summed E-state index contributed by atoms with van der Waals surface area (Å²) in [5.41, 5.74) is -0.0741. The molecule has 3 heteroatoms. The monoisotopic (exact) mass is 221 g/mol. The first kappa shape index (κ1) is 3.92. The van der Waals surface area contributed by atoms with Crippen molar-refractivity contribution < 1.29 is 16.7 Å². The maximum absolute atomic E-state index is 9.12. The first-order valence-electron chi connectivity index (χ1n) is 5.31. The molecule has 0 unspecified atom stereocenters. The summed E-state index contributed by atoms with van der Waals surface area (Å²) in [5, 5.41) is 9.12. The number of hydrogen-bond acceptors (Lipinski definition) is 2. The molecule has 0 atom stereocenters. The van der Waals surface area contributed by atoms with E-state index < -0.39 is 13.6 Å². The second kappa shape index (κ2) is 3.74. The van der Waals surface area contributed by atoms with Crippen molar-refractivity contribution in [3.63, 3.8) is 0 Å². The summed E-state index contributed by atoms with van der Waals surface area (Å²) in [6, 6.07) is 3.87. The molecule has 2 nitrogen and oxygen atoms in total. The third-order valence-corrected chi connectivity index (χ3v) is 1.83. The third-order valence-electron chi connectivity index (χ3n) is 1.17. The lowest BCUT2D eigenvalue weighted by Crippen LogP contribution is -1.87. The molecule has 0 saturated heterocycles. The molecule has 0 heterocycles. The van der Waals surface area contributed by atoms with Crippen LogP contribution in [-0.2, 0) is 6.56 Å². The normalized spacial score (nSPS) is 18.9. The van der Waals surface area contributed by atoms with Crippen LogP contribution in [0.25, 0.3) is 0 Å². The number of benzene rings is 1. The Morgan fingerprint density at radius 1 is 1.82 bits per heavy atom. The molecule has 0 bridgehead atoms. The van der Waals surface area contributed by atoms with Gasteiger partial charge in [0.25, 0.3) is 0 Å². The van der Waals surface area contributed by atoms with Crippen LogP contribution < -0.4 is 4.74 Å². The van der Waals surface area contributed by atoms with E-state index in [1.165, 1.54) is 12.1 Å². The van der Waals surface area contributed by atoms with Gasteiger partial charge in [0.2, 0.25) is 0 Å². The van der Waals surface area contributed by atoms with Crippen molar-refractivity contribution in [1.82, 2.24) is 0 Å². The van der Waals surface area contributed by atoms with Crippen LogP contribution in [0.2, 0.25) is 0 Å². The van der Waals surface area contributed by atoms with Crippen molar-refractivity contribution in [1.29, 1.82) is 0 Å². The highest BCUT2D eigenvalue weighted by atomic mass is 79.9. The molecule has 1 rings (SSSR count). The van der Waals surface area contributed by atoms with Gasteiger partial charge in [0.1, 0.15) is 5.75 Å². The highest BCUT2D eigenvalue weighted by Gasteiger charge is 1.99. The van der Waals surface area contributed by atoms with Gasteiger partial charge < -0.3 is 9.84 Å². The molecule has 0 aliphatic heterocycles. The molecule has 60 valence electrons. The van der Waals surface area contributed by atoms with Gasteiger partial charge in [-0.2, -0.15) is 0 Å². The van der Waals surface area contributed by atoms with Gasteiger partial charge in [0.15, 0.2) is 0 Å². The zero-order valence-corrected chi connectivity index (χ0v) is 7.05. The van der Waals surface area contributed by atoms with Gasteiger partial charge in [-0.05, 0) is 33.6 Å².